The number of hydrogen-bond acceptors (Lipinski definition) is 3. The third-order valence-electron chi connectivity index (χ3n) is 3.99. The lowest BCUT2D eigenvalue weighted by molar-refractivity contribution is -0.121. The third kappa shape index (κ3) is 3.25. The van der Waals surface area contributed by atoms with Crippen molar-refractivity contribution in [2.24, 2.45) is 5.41 Å². The van der Waals surface area contributed by atoms with E-state index in [9.17, 15) is 14.0 Å². The maximum Gasteiger partial charge on any atom is 0.410 e. The molecule has 0 aromatic rings. The Morgan fingerprint density at radius 2 is 1.95 bits per heavy atom. The SMILES string of the molecule is CC(C)(C)OC(=O)N1CCC2(CC1)CC(=O)C(F)C2. The molecule has 1 saturated carbocycles. The lowest BCUT2D eigenvalue weighted by Crippen LogP contribution is -2.44. The molecule has 0 radical (unpaired) electrons. The van der Waals surface area contributed by atoms with Crippen LogP contribution >= 0.6 is 0 Å². The van der Waals surface area contributed by atoms with Crippen molar-refractivity contribution in [2.75, 3.05) is 13.1 Å². The third-order valence-corrected chi connectivity index (χ3v) is 3.99. The van der Waals surface area contributed by atoms with Crippen LogP contribution in [0.3, 0.4) is 0 Å². The maximum atomic E-state index is 13.4. The number of alkyl halides is 1. The minimum Gasteiger partial charge on any atom is -0.444 e. The Morgan fingerprint density at radius 1 is 1.37 bits per heavy atom. The Bertz CT molecular complexity index is 381. The average molecular weight is 271 g/mol. The van der Waals surface area contributed by atoms with Crippen LogP contribution in [0.15, 0.2) is 0 Å². The van der Waals surface area contributed by atoms with Gasteiger partial charge in [0.15, 0.2) is 12.0 Å². The Labute approximate surface area is 113 Å². The minimum absolute atomic E-state index is 0.213. The predicted molar refractivity (Wildman–Crippen MR) is 68.6 cm³/mol. The molecule has 2 fully saturated rings. The number of hydrogen-bond donors (Lipinski definition) is 0. The smallest absolute Gasteiger partial charge is 0.410 e. The molecule has 0 aromatic carbocycles. The summed E-state index contributed by atoms with van der Waals surface area (Å²) in [4.78, 5) is 24.9. The summed E-state index contributed by atoms with van der Waals surface area (Å²) in [5, 5.41) is 0. The van der Waals surface area contributed by atoms with Crippen LogP contribution in [-0.4, -0.2) is 41.6 Å². The van der Waals surface area contributed by atoms with Gasteiger partial charge < -0.3 is 9.64 Å². The van der Waals surface area contributed by atoms with Crippen molar-refractivity contribution in [2.45, 2.75) is 58.2 Å². The molecule has 19 heavy (non-hydrogen) atoms. The fourth-order valence-electron chi connectivity index (χ4n) is 2.92. The number of piperidine rings is 1. The molecule has 0 bridgehead atoms. The Balaban J connectivity index is 1.89. The van der Waals surface area contributed by atoms with E-state index in [4.69, 9.17) is 4.74 Å². The molecule has 1 unspecified atom stereocenters. The number of halogens is 1. The first-order valence-corrected chi connectivity index (χ1v) is 6.86. The van der Waals surface area contributed by atoms with E-state index in [0.29, 0.717) is 38.8 Å². The number of carbonyl (C=O) groups excluding carboxylic acids is 2. The number of ketones is 1. The molecule has 5 heteroatoms. The van der Waals surface area contributed by atoms with Crippen LogP contribution in [0.5, 0.6) is 0 Å². The summed E-state index contributed by atoms with van der Waals surface area (Å²) in [6.45, 7) is 6.60. The topological polar surface area (TPSA) is 46.6 Å². The number of amides is 1. The van der Waals surface area contributed by atoms with Gasteiger partial charge >= 0.3 is 6.09 Å². The summed E-state index contributed by atoms with van der Waals surface area (Å²) < 4.78 is 18.7. The number of Topliss-reactive ketones (excluding diaryl/α,β-unsaturated/α-hetero) is 1. The molecule has 1 spiro atoms. The van der Waals surface area contributed by atoms with Crippen LogP contribution < -0.4 is 0 Å². The lowest BCUT2D eigenvalue weighted by atomic mass is 9.77. The molecule has 4 nitrogen and oxygen atoms in total. The van der Waals surface area contributed by atoms with Crippen molar-refractivity contribution >= 4 is 11.9 Å². The molecule has 1 heterocycles. The number of ether oxygens (including phenoxy) is 1. The summed E-state index contributed by atoms with van der Waals surface area (Å²) in [7, 11) is 0. The van der Waals surface area contributed by atoms with Crippen molar-refractivity contribution in [3.8, 4) is 0 Å². The van der Waals surface area contributed by atoms with Crippen LogP contribution in [0.2, 0.25) is 0 Å². The minimum atomic E-state index is -1.30. The van der Waals surface area contributed by atoms with Crippen LogP contribution in [0.4, 0.5) is 9.18 Å². The highest BCUT2D eigenvalue weighted by atomic mass is 19.1. The maximum absolute atomic E-state index is 13.4. The number of rotatable bonds is 0. The summed E-state index contributed by atoms with van der Waals surface area (Å²) >= 11 is 0. The van der Waals surface area contributed by atoms with Gasteiger partial charge in [0, 0.05) is 19.5 Å². The van der Waals surface area contributed by atoms with E-state index in [1.165, 1.54) is 0 Å². The first-order chi connectivity index (χ1) is 8.71. The number of likely N-dealkylation sites (tertiary alicyclic amines) is 1. The van der Waals surface area contributed by atoms with Gasteiger partial charge in [0.1, 0.15) is 5.60 Å². The molecule has 1 aliphatic heterocycles. The molecule has 0 N–H and O–H groups in total. The first kappa shape index (κ1) is 14.3. The zero-order valence-electron chi connectivity index (χ0n) is 11.9. The van der Waals surface area contributed by atoms with Crippen molar-refractivity contribution in [3.05, 3.63) is 0 Å². The van der Waals surface area contributed by atoms with Crippen LogP contribution in [0.1, 0.15) is 46.5 Å². The molecular weight excluding hydrogens is 249 g/mol. The van der Waals surface area contributed by atoms with Gasteiger partial charge in [-0.25, -0.2) is 9.18 Å². The lowest BCUT2D eigenvalue weighted by Gasteiger charge is -2.39. The van der Waals surface area contributed by atoms with Gasteiger partial charge in [0.05, 0.1) is 0 Å². The molecule has 0 aromatic heterocycles. The highest BCUT2D eigenvalue weighted by molar-refractivity contribution is 5.86. The molecule has 108 valence electrons. The van der Waals surface area contributed by atoms with Crippen molar-refractivity contribution in [1.82, 2.24) is 4.90 Å². The highest BCUT2D eigenvalue weighted by Crippen LogP contribution is 2.45. The van der Waals surface area contributed by atoms with Gasteiger partial charge in [0.25, 0.3) is 0 Å². The fraction of sp³-hybridized carbons (Fsp3) is 0.857. The Hall–Kier alpha value is -1.13. The van der Waals surface area contributed by atoms with Gasteiger partial charge in [-0.05, 0) is 45.4 Å². The second-order valence-electron chi connectivity index (χ2n) is 6.78. The predicted octanol–water partition coefficient (Wildman–Crippen LogP) is 2.70. The summed E-state index contributed by atoms with van der Waals surface area (Å²) in [5.74, 6) is -0.272. The first-order valence-electron chi connectivity index (χ1n) is 6.86. The van der Waals surface area contributed by atoms with Gasteiger partial charge in [-0.1, -0.05) is 0 Å². The van der Waals surface area contributed by atoms with E-state index >= 15 is 0 Å². The van der Waals surface area contributed by atoms with E-state index in [0.717, 1.165) is 0 Å². The Kier molecular flexibility index (Phi) is 3.58. The largest absolute Gasteiger partial charge is 0.444 e. The fourth-order valence-corrected chi connectivity index (χ4v) is 2.92. The van der Waals surface area contributed by atoms with E-state index < -0.39 is 11.8 Å². The van der Waals surface area contributed by atoms with Crippen molar-refractivity contribution in [3.63, 3.8) is 0 Å². The van der Waals surface area contributed by atoms with Gasteiger partial charge in [-0.15, -0.1) is 0 Å². The molecule has 1 saturated heterocycles. The molecule has 1 aliphatic carbocycles. The van der Waals surface area contributed by atoms with Gasteiger partial charge in [-0.3, -0.25) is 4.79 Å². The second-order valence-corrected chi connectivity index (χ2v) is 6.78. The van der Waals surface area contributed by atoms with Crippen LogP contribution in [0.25, 0.3) is 0 Å². The average Bonchev–Trinajstić information content (AvgIpc) is 2.52. The van der Waals surface area contributed by atoms with E-state index in [1.54, 1.807) is 4.90 Å². The van der Waals surface area contributed by atoms with Gasteiger partial charge in [0.2, 0.25) is 0 Å². The molecule has 1 atom stereocenters. The number of carbonyl (C=O) groups is 2. The summed E-state index contributed by atoms with van der Waals surface area (Å²) in [6.07, 6.45) is 0.428. The second kappa shape index (κ2) is 4.76. The van der Waals surface area contributed by atoms with Crippen LogP contribution in [-0.2, 0) is 9.53 Å². The van der Waals surface area contributed by atoms with Gasteiger partial charge in [-0.2, -0.15) is 0 Å². The molecule has 2 aliphatic rings. The van der Waals surface area contributed by atoms with E-state index in [2.05, 4.69) is 0 Å². The highest BCUT2D eigenvalue weighted by Gasteiger charge is 2.47. The number of nitrogens with zero attached hydrogens (tertiary/aromatic N) is 1. The van der Waals surface area contributed by atoms with Crippen LogP contribution in [0, 0.1) is 5.41 Å². The summed E-state index contributed by atoms with van der Waals surface area (Å²) in [6, 6.07) is 0. The molecule has 1 amide bonds. The van der Waals surface area contributed by atoms with Crippen molar-refractivity contribution in [1.29, 1.82) is 0 Å². The monoisotopic (exact) mass is 271 g/mol. The van der Waals surface area contributed by atoms with Crippen molar-refractivity contribution < 1.29 is 18.7 Å². The zero-order valence-corrected chi connectivity index (χ0v) is 11.9. The zero-order chi connectivity index (χ0) is 14.3. The normalized spacial score (nSPS) is 26.8. The van der Waals surface area contributed by atoms with E-state index in [1.807, 2.05) is 20.8 Å². The standard InChI is InChI=1S/C14H22FNO3/c1-13(2,3)19-12(18)16-6-4-14(5-7-16)8-10(15)11(17)9-14/h10H,4-9H2,1-3H3. The summed E-state index contributed by atoms with van der Waals surface area (Å²) in [5.41, 5.74) is -0.714. The molecule has 2 rings (SSSR count). The molecular formula is C14H22FNO3. The Morgan fingerprint density at radius 3 is 2.37 bits per heavy atom. The van der Waals surface area contributed by atoms with E-state index in [-0.39, 0.29) is 17.3 Å². The quantitative estimate of drug-likeness (QED) is 0.680.